The van der Waals surface area contributed by atoms with Gasteiger partial charge in [-0.1, -0.05) is 13.8 Å². The van der Waals surface area contributed by atoms with Gasteiger partial charge in [0.25, 0.3) is 0 Å². The average Bonchev–Trinajstić information content (AvgIpc) is 2.83. The fourth-order valence-corrected chi connectivity index (χ4v) is 3.82. The molecule has 2 aliphatic heterocycles. The van der Waals surface area contributed by atoms with Crippen LogP contribution in [0.4, 0.5) is 4.79 Å². The molecule has 2 heterocycles. The van der Waals surface area contributed by atoms with E-state index in [1.807, 2.05) is 9.80 Å². The topological polar surface area (TPSA) is 79.1 Å². The molecule has 27 heavy (non-hydrogen) atoms. The van der Waals surface area contributed by atoms with E-state index in [0.717, 1.165) is 38.9 Å². The van der Waals surface area contributed by atoms with Crippen LogP contribution in [0.25, 0.3) is 0 Å². The van der Waals surface area contributed by atoms with Crippen LogP contribution in [-0.4, -0.2) is 85.2 Å². The van der Waals surface area contributed by atoms with E-state index in [2.05, 4.69) is 25.8 Å². The molecule has 2 saturated heterocycles. The summed E-state index contributed by atoms with van der Waals surface area (Å²) in [5.41, 5.74) is 5.05. The van der Waals surface area contributed by atoms with Crippen molar-refractivity contribution in [2.24, 2.45) is 11.7 Å². The van der Waals surface area contributed by atoms with Crippen molar-refractivity contribution in [3.8, 4) is 0 Å². The van der Waals surface area contributed by atoms with Crippen molar-refractivity contribution in [1.29, 1.82) is 0 Å². The zero-order chi connectivity index (χ0) is 18.4. The van der Waals surface area contributed by atoms with E-state index in [1.165, 1.54) is 0 Å². The Morgan fingerprint density at radius 3 is 2.48 bits per heavy atom. The standard InChI is InChI=1S/C18H34N4O3.2ClH/c1-15(2)13-20(3)9-4-10-22-14-18(25-17(22)24)6-11-21(12-7-18)16(23)5-8-19;;/h15H,4-14,19H2,1-3H3;2*1H. The third-order valence-electron chi connectivity index (χ3n) is 5.07. The predicted octanol–water partition coefficient (Wildman–Crippen LogP) is 1.97. The molecule has 2 aliphatic rings. The van der Waals surface area contributed by atoms with Gasteiger partial charge in [0, 0.05) is 52.0 Å². The Bertz CT molecular complexity index is 472. The number of nitrogens with two attached hydrogens (primary N) is 1. The molecular formula is C18H36Cl2N4O3. The van der Waals surface area contributed by atoms with Crippen LogP contribution in [0.15, 0.2) is 0 Å². The number of carbonyl (C=O) groups excluding carboxylic acids is 2. The minimum Gasteiger partial charge on any atom is -0.441 e. The summed E-state index contributed by atoms with van der Waals surface area (Å²) in [7, 11) is 2.12. The Hall–Kier alpha value is -0.760. The van der Waals surface area contributed by atoms with Gasteiger partial charge in [-0.15, -0.1) is 24.8 Å². The highest BCUT2D eigenvalue weighted by molar-refractivity contribution is 5.85. The molecule has 9 heteroatoms. The maximum absolute atomic E-state index is 12.2. The molecule has 2 N–H and O–H groups in total. The number of hydrogen-bond acceptors (Lipinski definition) is 5. The molecule has 0 aromatic heterocycles. The molecule has 0 radical (unpaired) electrons. The van der Waals surface area contributed by atoms with E-state index in [9.17, 15) is 9.59 Å². The van der Waals surface area contributed by atoms with Gasteiger partial charge in [0.2, 0.25) is 5.91 Å². The lowest BCUT2D eigenvalue weighted by atomic mass is 9.91. The number of rotatable bonds is 8. The van der Waals surface area contributed by atoms with Crippen molar-refractivity contribution < 1.29 is 14.3 Å². The van der Waals surface area contributed by atoms with Crippen LogP contribution in [0.3, 0.4) is 0 Å². The van der Waals surface area contributed by atoms with Gasteiger partial charge in [0.1, 0.15) is 5.60 Å². The van der Waals surface area contributed by atoms with Gasteiger partial charge in [0.05, 0.1) is 6.54 Å². The molecule has 0 saturated carbocycles. The van der Waals surface area contributed by atoms with Crippen molar-refractivity contribution in [3.63, 3.8) is 0 Å². The number of carbonyl (C=O) groups is 2. The van der Waals surface area contributed by atoms with Crippen LogP contribution in [0, 0.1) is 5.92 Å². The summed E-state index contributed by atoms with van der Waals surface area (Å²) >= 11 is 0. The molecule has 160 valence electrons. The summed E-state index contributed by atoms with van der Waals surface area (Å²) in [6.45, 7) is 9.54. The summed E-state index contributed by atoms with van der Waals surface area (Å²) in [5, 5.41) is 0. The van der Waals surface area contributed by atoms with Gasteiger partial charge in [-0.2, -0.15) is 0 Å². The van der Waals surface area contributed by atoms with Gasteiger partial charge in [-0.3, -0.25) is 4.79 Å². The van der Waals surface area contributed by atoms with Crippen molar-refractivity contribution in [3.05, 3.63) is 0 Å². The molecule has 2 amide bonds. The molecule has 0 aromatic carbocycles. The number of nitrogens with zero attached hydrogens (tertiary/aromatic N) is 3. The van der Waals surface area contributed by atoms with Gasteiger partial charge < -0.3 is 25.2 Å². The van der Waals surface area contributed by atoms with E-state index >= 15 is 0 Å². The highest BCUT2D eigenvalue weighted by atomic mass is 35.5. The summed E-state index contributed by atoms with van der Waals surface area (Å²) in [4.78, 5) is 30.1. The predicted molar refractivity (Wildman–Crippen MR) is 112 cm³/mol. The third-order valence-corrected chi connectivity index (χ3v) is 5.07. The Kier molecular flexibility index (Phi) is 11.6. The second-order valence-electron chi connectivity index (χ2n) is 7.90. The van der Waals surface area contributed by atoms with Crippen molar-refractivity contribution in [1.82, 2.24) is 14.7 Å². The number of amides is 2. The first kappa shape index (κ1) is 26.2. The number of halogens is 2. The van der Waals surface area contributed by atoms with Crippen molar-refractivity contribution >= 4 is 36.8 Å². The van der Waals surface area contributed by atoms with Crippen molar-refractivity contribution in [2.45, 2.75) is 45.1 Å². The third kappa shape index (κ3) is 7.64. The highest BCUT2D eigenvalue weighted by Gasteiger charge is 2.47. The number of hydrogen-bond donors (Lipinski definition) is 1. The molecule has 0 aromatic rings. The maximum atomic E-state index is 12.2. The van der Waals surface area contributed by atoms with Crippen molar-refractivity contribution in [2.75, 3.05) is 52.9 Å². The molecule has 7 nitrogen and oxygen atoms in total. The molecule has 0 aliphatic carbocycles. The lowest BCUT2D eigenvalue weighted by Gasteiger charge is -2.37. The molecule has 0 unspecified atom stereocenters. The fourth-order valence-electron chi connectivity index (χ4n) is 3.82. The Morgan fingerprint density at radius 1 is 1.30 bits per heavy atom. The van der Waals surface area contributed by atoms with E-state index in [1.54, 1.807) is 0 Å². The summed E-state index contributed by atoms with van der Waals surface area (Å²) in [6, 6.07) is 0. The summed E-state index contributed by atoms with van der Waals surface area (Å²) in [6.07, 6.45) is 2.59. The second-order valence-corrected chi connectivity index (χ2v) is 7.90. The Morgan fingerprint density at radius 2 is 1.93 bits per heavy atom. The SMILES string of the molecule is CC(C)CN(C)CCCN1CC2(CCN(C(=O)CCN)CC2)OC1=O.Cl.Cl. The fraction of sp³-hybridized carbons (Fsp3) is 0.889. The molecule has 1 spiro atoms. The average molecular weight is 427 g/mol. The van der Waals surface area contributed by atoms with Crippen LogP contribution in [-0.2, 0) is 9.53 Å². The van der Waals surface area contributed by atoms with E-state index in [4.69, 9.17) is 10.5 Å². The summed E-state index contributed by atoms with van der Waals surface area (Å²) < 4.78 is 5.72. The normalized spacial score (nSPS) is 18.5. The number of ether oxygens (including phenoxy) is 1. The molecule has 0 bridgehead atoms. The Balaban J connectivity index is 0.00000338. The number of likely N-dealkylation sites (tertiary alicyclic amines) is 1. The zero-order valence-corrected chi connectivity index (χ0v) is 18.4. The number of piperidine rings is 1. The van der Waals surface area contributed by atoms with Crippen LogP contribution in [0.5, 0.6) is 0 Å². The largest absolute Gasteiger partial charge is 0.441 e. The van der Waals surface area contributed by atoms with Gasteiger partial charge >= 0.3 is 6.09 Å². The maximum Gasteiger partial charge on any atom is 0.410 e. The smallest absolute Gasteiger partial charge is 0.410 e. The molecule has 2 rings (SSSR count). The van der Waals surface area contributed by atoms with E-state index < -0.39 is 5.60 Å². The monoisotopic (exact) mass is 426 g/mol. The molecule has 0 atom stereocenters. The van der Waals surface area contributed by atoms with Crippen LogP contribution in [0.2, 0.25) is 0 Å². The quantitative estimate of drug-likeness (QED) is 0.641. The molecule has 2 fully saturated rings. The lowest BCUT2D eigenvalue weighted by Crippen LogP contribution is -2.49. The summed E-state index contributed by atoms with van der Waals surface area (Å²) in [5.74, 6) is 0.754. The second kappa shape index (κ2) is 11.9. The Labute approximate surface area is 175 Å². The minimum absolute atomic E-state index is 0. The minimum atomic E-state index is -0.402. The zero-order valence-electron chi connectivity index (χ0n) is 16.8. The lowest BCUT2D eigenvalue weighted by molar-refractivity contribution is -0.134. The van der Waals surface area contributed by atoms with Gasteiger partial charge in [0.15, 0.2) is 0 Å². The molecular weight excluding hydrogens is 391 g/mol. The van der Waals surface area contributed by atoms with Crippen LogP contribution < -0.4 is 5.73 Å². The van der Waals surface area contributed by atoms with E-state index in [0.29, 0.717) is 38.5 Å². The highest BCUT2D eigenvalue weighted by Crippen LogP contribution is 2.33. The van der Waals surface area contributed by atoms with E-state index in [-0.39, 0.29) is 36.8 Å². The first-order valence-electron chi connectivity index (χ1n) is 9.49. The first-order chi connectivity index (χ1) is 11.8. The van der Waals surface area contributed by atoms with Gasteiger partial charge in [-0.05, 0) is 25.9 Å². The van der Waals surface area contributed by atoms with Gasteiger partial charge in [-0.25, -0.2) is 4.79 Å². The van der Waals surface area contributed by atoms with Crippen LogP contribution in [0.1, 0.15) is 39.5 Å². The van der Waals surface area contributed by atoms with Crippen LogP contribution >= 0.6 is 24.8 Å². The first-order valence-corrected chi connectivity index (χ1v) is 9.49.